The van der Waals surface area contributed by atoms with Gasteiger partial charge in [0.25, 0.3) is 0 Å². The third kappa shape index (κ3) is 15.4. The van der Waals surface area contributed by atoms with Crippen LogP contribution >= 0.6 is 0 Å². The molecule has 0 aliphatic carbocycles. The van der Waals surface area contributed by atoms with E-state index >= 15 is 0 Å². The molecule has 0 aromatic carbocycles. The lowest BCUT2D eigenvalue weighted by molar-refractivity contribution is 0.109. The van der Waals surface area contributed by atoms with Crippen molar-refractivity contribution in [1.29, 1.82) is 0 Å². The highest BCUT2D eigenvalue weighted by atomic mass is 16.5. The summed E-state index contributed by atoms with van der Waals surface area (Å²) in [4.78, 5) is 4.55. The van der Waals surface area contributed by atoms with E-state index in [4.69, 9.17) is 9.47 Å². The number of rotatable bonds is 13. The minimum Gasteiger partial charge on any atom is -0.382 e. The monoisotopic (exact) mass is 301 g/mol. The summed E-state index contributed by atoms with van der Waals surface area (Å²) in [6, 6.07) is 0. The second-order valence-electron chi connectivity index (χ2n) is 5.41. The fraction of sp³-hybridized carbons (Fsp3) is 0.938. The molecule has 0 spiro atoms. The Kier molecular flexibility index (Phi) is 15.0. The Balaban J connectivity index is 3.65. The van der Waals surface area contributed by atoms with Gasteiger partial charge in [-0.3, -0.25) is 4.99 Å². The molecule has 0 radical (unpaired) electrons. The van der Waals surface area contributed by atoms with Crippen molar-refractivity contribution >= 4 is 5.96 Å². The molecule has 0 saturated carbocycles. The van der Waals surface area contributed by atoms with Crippen molar-refractivity contribution in [2.24, 2.45) is 10.9 Å². The third-order valence-corrected chi connectivity index (χ3v) is 2.72. The van der Waals surface area contributed by atoms with Crippen LogP contribution in [0.4, 0.5) is 0 Å². The highest BCUT2D eigenvalue weighted by molar-refractivity contribution is 5.79. The van der Waals surface area contributed by atoms with Gasteiger partial charge in [0.05, 0.1) is 0 Å². The second kappa shape index (κ2) is 15.6. The van der Waals surface area contributed by atoms with Crippen molar-refractivity contribution in [3.8, 4) is 0 Å². The predicted octanol–water partition coefficient (Wildman–Crippen LogP) is 2.42. The van der Waals surface area contributed by atoms with Crippen molar-refractivity contribution in [2.75, 3.05) is 46.1 Å². The molecule has 0 unspecified atom stereocenters. The summed E-state index contributed by atoms with van der Waals surface area (Å²) in [7, 11) is 0. The van der Waals surface area contributed by atoms with Crippen molar-refractivity contribution in [1.82, 2.24) is 10.6 Å². The molecular weight excluding hydrogens is 266 g/mol. The van der Waals surface area contributed by atoms with E-state index in [1.54, 1.807) is 0 Å². The van der Waals surface area contributed by atoms with E-state index in [-0.39, 0.29) is 0 Å². The lowest BCUT2D eigenvalue weighted by atomic mass is 10.2. The van der Waals surface area contributed by atoms with Gasteiger partial charge in [0.15, 0.2) is 5.96 Å². The minimum atomic E-state index is 0.601. The lowest BCUT2D eigenvalue weighted by Crippen LogP contribution is -2.38. The Morgan fingerprint density at radius 3 is 2.43 bits per heavy atom. The molecule has 0 heterocycles. The Morgan fingerprint density at radius 1 is 1.00 bits per heavy atom. The summed E-state index contributed by atoms with van der Waals surface area (Å²) >= 11 is 0. The minimum absolute atomic E-state index is 0.601. The highest BCUT2D eigenvalue weighted by Crippen LogP contribution is 1.94. The van der Waals surface area contributed by atoms with Gasteiger partial charge in [0, 0.05) is 46.1 Å². The maximum absolute atomic E-state index is 5.55. The zero-order valence-corrected chi connectivity index (χ0v) is 14.4. The van der Waals surface area contributed by atoms with Gasteiger partial charge in [-0.1, -0.05) is 13.8 Å². The molecule has 0 bridgehead atoms. The van der Waals surface area contributed by atoms with E-state index in [0.29, 0.717) is 5.92 Å². The number of ether oxygens (including phenoxy) is 2. The Labute approximate surface area is 130 Å². The first-order valence-electron chi connectivity index (χ1n) is 8.38. The van der Waals surface area contributed by atoms with E-state index < -0.39 is 0 Å². The Morgan fingerprint density at radius 2 is 1.76 bits per heavy atom. The summed E-state index contributed by atoms with van der Waals surface area (Å²) in [6.45, 7) is 14.3. The van der Waals surface area contributed by atoms with Crippen molar-refractivity contribution in [2.45, 2.75) is 47.0 Å². The smallest absolute Gasteiger partial charge is 0.191 e. The first-order chi connectivity index (χ1) is 10.2. The average molecular weight is 301 g/mol. The molecule has 0 aliphatic rings. The van der Waals surface area contributed by atoms with Gasteiger partial charge in [-0.25, -0.2) is 0 Å². The van der Waals surface area contributed by atoms with Crippen LogP contribution in [0.25, 0.3) is 0 Å². The number of nitrogens with one attached hydrogen (secondary N) is 2. The van der Waals surface area contributed by atoms with Crippen LogP contribution in [0.2, 0.25) is 0 Å². The fourth-order valence-corrected chi connectivity index (χ4v) is 1.70. The molecule has 0 saturated heterocycles. The van der Waals surface area contributed by atoms with Gasteiger partial charge in [0.1, 0.15) is 0 Å². The SMILES string of the molecule is CCNC(=NCCCOCC(C)C)NCCCCOCC. The fourth-order valence-electron chi connectivity index (χ4n) is 1.70. The standard InChI is InChI=1S/C16H35N3O2/c1-5-17-16(18-10-7-8-12-20-6-2)19-11-9-13-21-14-15(3)4/h15H,5-14H2,1-4H3,(H2,17,18,19). The van der Waals surface area contributed by atoms with Gasteiger partial charge in [-0.2, -0.15) is 0 Å². The topological polar surface area (TPSA) is 54.9 Å². The van der Waals surface area contributed by atoms with Crippen LogP contribution in [0.15, 0.2) is 4.99 Å². The number of guanidine groups is 1. The van der Waals surface area contributed by atoms with Crippen LogP contribution in [0.1, 0.15) is 47.0 Å². The summed E-state index contributed by atoms with van der Waals surface area (Å²) in [5, 5.41) is 6.61. The lowest BCUT2D eigenvalue weighted by Gasteiger charge is -2.11. The van der Waals surface area contributed by atoms with Crippen LogP contribution in [0, 0.1) is 5.92 Å². The van der Waals surface area contributed by atoms with Crippen LogP contribution < -0.4 is 10.6 Å². The van der Waals surface area contributed by atoms with E-state index in [1.165, 1.54) is 0 Å². The zero-order chi connectivity index (χ0) is 15.8. The number of nitrogens with zero attached hydrogens (tertiary/aromatic N) is 1. The molecule has 0 amide bonds. The molecule has 5 nitrogen and oxygen atoms in total. The van der Waals surface area contributed by atoms with Gasteiger partial charge < -0.3 is 20.1 Å². The molecule has 0 atom stereocenters. The third-order valence-electron chi connectivity index (χ3n) is 2.72. The first-order valence-corrected chi connectivity index (χ1v) is 8.38. The summed E-state index contributed by atoms with van der Waals surface area (Å²) in [5.74, 6) is 1.50. The van der Waals surface area contributed by atoms with Crippen LogP contribution in [-0.4, -0.2) is 52.0 Å². The predicted molar refractivity (Wildman–Crippen MR) is 90.0 cm³/mol. The molecule has 2 N–H and O–H groups in total. The Bertz CT molecular complexity index is 246. The van der Waals surface area contributed by atoms with Gasteiger partial charge in [-0.05, 0) is 39.0 Å². The molecular formula is C16H35N3O2. The first kappa shape index (κ1) is 20.2. The van der Waals surface area contributed by atoms with E-state index in [9.17, 15) is 0 Å². The average Bonchev–Trinajstić information content (AvgIpc) is 2.45. The molecule has 0 fully saturated rings. The van der Waals surface area contributed by atoms with Gasteiger partial charge in [0.2, 0.25) is 0 Å². The van der Waals surface area contributed by atoms with Gasteiger partial charge >= 0.3 is 0 Å². The molecule has 0 rings (SSSR count). The maximum atomic E-state index is 5.55. The van der Waals surface area contributed by atoms with Crippen LogP contribution in [0.5, 0.6) is 0 Å². The van der Waals surface area contributed by atoms with E-state index in [2.05, 4.69) is 36.4 Å². The second-order valence-corrected chi connectivity index (χ2v) is 5.41. The molecule has 0 aromatic heterocycles. The highest BCUT2D eigenvalue weighted by Gasteiger charge is 1.97. The number of unbranched alkanes of at least 4 members (excludes halogenated alkanes) is 1. The number of hydrogen-bond donors (Lipinski definition) is 2. The largest absolute Gasteiger partial charge is 0.382 e. The normalized spacial score (nSPS) is 12.0. The summed E-state index contributed by atoms with van der Waals surface area (Å²) in [6.07, 6.45) is 3.15. The summed E-state index contributed by atoms with van der Waals surface area (Å²) < 4.78 is 10.9. The quantitative estimate of drug-likeness (QED) is 0.312. The van der Waals surface area contributed by atoms with Gasteiger partial charge in [-0.15, -0.1) is 0 Å². The molecule has 21 heavy (non-hydrogen) atoms. The van der Waals surface area contributed by atoms with E-state index in [1.807, 2.05) is 6.92 Å². The number of aliphatic imine (C=N–C) groups is 1. The van der Waals surface area contributed by atoms with Crippen molar-refractivity contribution < 1.29 is 9.47 Å². The van der Waals surface area contributed by atoms with E-state index in [0.717, 1.165) is 71.3 Å². The zero-order valence-electron chi connectivity index (χ0n) is 14.4. The molecule has 0 aliphatic heterocycles. The van der Waals surface area contributed by atoms with Crippen molar-refractivity contribution in [3.05, 3.63) is 0 Å². The molecule has 0 aromatic rings. The Hall–Kier alpha value is -0.810. The molecule has 126 valence electrons. The van der Waals surface area contributed by atoms with Crippen LogP contribution in [0.3, 0.4) is 0 Å². The maximum Gasteiger partial charge on any atom is 0.191 e. The van der Waals surface area contributed by atoms with Crippen molar-refractivity contribution in [3.63, 3.8) is 0 Å². The molecule has 5 heteroatoms. The van der Waals surface area contributed by atoms with Crippen LogP contribution in [-0.2, 0) is 9.47 Å². The summed E-state index contributed by atoms with van der Waals surface area (Å²) in [5.41, 5.74) is 0. The number of hydrogen-bond acceptors (Lipinski definition) is 3.